The number of Topliss-reactive ketones (excluding diaryl/α,β-unsaturated/α-hetero) is 3. The molecule has 6 heteroatoms. The Kier molecular flexibility index (Phi) is 13.0. The van der Waals surface area contributed by atoms with E-state index in [1.807, 2.05) is 0 Å². The smallest absolute Gasteiger partial charge is 0.221 e. The number of hydrogen-bond donors (Lipinski definition) is 1. The summed E-state index contributed by atoms with van der Waals surface area (Å²) >= 11 is 5.20. The van der Waals surface area contributed by atoms with Crippen molar-refractivity contribution in [2.45, 2.75) is 72.1 Å². The number of unbranched alkanes of at least 4 members (excludes halogenated alkanes) is 5. The van der Waals surface area contributed by atoms with E-state index in [2.05, 4.69) is 0 Å². The zero-order valence-corrected chi connectivity index (χ0v) is 17.2. The number of nitrogen functional groups attached to an aromatic ring is 1. The number of ketones is 3. The molecule has 5 nitrogen and oxygen atoms in total. The molecule has 27 heavy (non-hydrogen) atoms. The van der Waals surface area contributed by atoms with Gasteiger partial charge in [-0.25, -0.2) is 0 Å². The van der Waals surface area contributed by atoms with Crippen molar-refractivity contribution in [3.8, 4) is 0 Å². The lowest BCUT2D eigenvalue weighted by molar-refractivity contribution is -0.117. The van der Waals surface area contributed by atoms with Gasteiger partial charge in [-0.1, -0.05) is 25.7 Å². The number of benzene rings is 1. The van der Waals surface area contributed by atoms with Gasteiger partial charge in [0.05, 0.1) is 0 Å². The van der Waals surface area contributed by atoms with Crippen LogP contribution in [0.15, 0.2) is 18.2 Å². The van der Waals surface area contributed by atoms with Gasteiger partial charge in [0.2, 0.25) is 5.24 Å². The highest BCUT2D eigenvalue weighted by atomic mass is 35.5. The molecule has 0 aromatic heterocycles. The first-order valence-corrected chi connectivity index (χ1v) is 9.61. The minimum Gasteiger partial charge on any atom is -0.399 e. The van der Waals surface area contributed by atoms with Gasteiger partial charge in [-0.15, -0.1) is 0 Å². The van der Waals surface area contributed by atoms with Crippen LogP contribution in [0.4, 0.5) is 5.69 Å². The van der Waals surface area contributed by atoms with Crippen LogP contribution in [0.2, 0.25) is 0 Å². The zero-order valence-electron chi connectivity index (χ0n) is 16.5. The molecule has 0 heterocycles. The highest BCUT2D eigenvalue weighted by Gasteiger charge is 2.05. The highest BCUT2D eigenvalue weighted by Crippen LogP contribution is 2.13. The monoisotopic (exact) mass is 395 g/mol. The first kappa shape index (κ1) is 25.0. The standard InChI is InChI=1S/C11H19ClO2.C10H11NO2/c1-10(13)8-6-4-2-3-5-7-9-11(12)14;1-6(12)8-3-9(7(2)13)5-10(11)4-8/h2-9H2,1H3;3-5H,11H2,1-2H3. The van der Waals surface area contributed by atoms with Crippen molar-refractivity contribution in [2.24, 2.45) is 0 Å². The predicted molar refractivity (Wildman–Crippen MR) is 109 cm³/mol. The van der Waals surface area contributed by atoms with Crippen LogP contribution in [0.1, 0.15) is 92.9 Å². The molecule has 1 rings (SSSR count). The van der Waals surface area contributed by atoms with Gasteiger partial charge in [0.25, 0.3) is 0 Å². The molecule has 1 aromatic rings. The normalized spacial score (nSPS) is 9.93. The molecule has 0 unspecified atom stereocenters. The molecule has 2 N–H and O–H groups in total. The third kappa shape index (κ3) is 13.8. The molecule has 0 aliphatic rings. The van der Waals surface area contributed by atoms with Crippen LogP contribution in [-0.2, 0) is 9.59 Å². The Morgan fingerprint density at radius 3 is 1.52 bits per heavy atom. The third-order valence-electron chi connectivity index (χ3n) is 3.92. The summed E-state index contributed by atoms with van der Waals surface area (Å²) in [6.07, 6.45) is 7.59. The van der Waals surface area contributed by atoms with Crippen LogP contribution < -0.4 is 5.73 Å². The summed E-state index contributed by atoms with van der Waals surface area (Å²) in [5.74, 6) is 0.0994. The van der Waals surface area contributed by atoms with Crippen molar-refractivity contribution >= 4 is 39.9 Å². The maximum absolute atomic E-state index is 11.0. The van der Waals surface area contributed by atoms with Crippen LogP contribution in [0, 0.1) is 0 Å². The minimum atomic E-state index is -0.235. The second-order valence-electron chi connectivity index (χ2n) is 6.63. The average molecular weight is 396 g/mol. The quantitative estimate of drug-likeness (QED) is 0.242. The van der Waals surface area contributed by atoms with Crippen molar-refractivity contribution in [1.29, 1.82) is 0 Å². The molecule has 0 radical (unpaired) electrons. The van der Waals surface area contributed by atoms with Crippen LogP contribution in [0.5, 0.6) is 0 Å². The summed E-state index contributed by atoms with van der Waals surface area (Å²) in [6.45, 7) is 4.52. The van der Waals surface area contributed by atoms with E-state index in [-0.39, 0.29) is 22.6 Å². The van der Waals surface area contributed by atoms with Crippen molar-refractivity contribution in [1.82, 2.24) is 0 Å². The van der Waals surface area contributed by atoms with Crippen molar-refractivity contribution in [3.05, 3.63) is 29.3 Å². The second-order valence-corrected chi connectivity index (χ2v) is 7.06. The van der Waals surface area contributed by atoms with Gasteiger partial charge in [0, 0.05) is 29.7 Å². The lowest BCUT2D eigenvalue weighted by Gasteiger charge is -2.01. The number of nitrogens with two attached hydrogens (primary N) is 1. The maximum atomic E-state index is 11.0. The number of rotatable bonds is 11. The van der Waals surface area contributed by atoms with Gasteiger partial charge in [-0.3, -0.25) is 14.4 Å². The van der Waals surface area contributed by atoms with Gasteiger partial charge in [0.15, 0.2) is 11.6 Å². The topological polar surface area (TPSA) is 94.3 Å². The summed E-state index contributed by atoms with van der Waals surface area (Å²) < 4.78 is 0. The number of carbonyl (C=O) groups excluding carboxylic acids is 4. The SMILES string of the molecule is CC(=O)CCCCCCCCC(=O)Cl.CC(=O)c1cc(N)cc(C(C)=O)c1. The van der Waals surface area contributed by atoms with E-state index in [1.54, 1.807) is 25.1 Å². The molecular formula is C21H30ClNO4. The molecule has 0 amide bonds. The minimum absolute atomic E-state index is 0.0881. The zero-order chi connectivity index (χ0) is 20.8. The Morgan fingerprint density at radius 1 is 0.741 bits per heavy atom. The molecule has 0 fully saturated rings. The van der Waals surface area contributed by atoms with Gasteiger partial charge < -0.3 is 10.5 Å². The van der Waals surface area contributed by atoms with E-state index in [0.29, 0.717) is 29.7 Å². The fourth-order valence-electron chi connectivity index (χ4n) is 2.40. The third-order valence-corrected chi connectivity index (χ3v) is 4.11. The van der Waals surface area contributed by atoms with Gasteiger partial charge >= 0.3 is 0 Å². The van der Waals surface area contributed by atoms with Gasteiger partial charge in [0.1, 0.15) is 5.78 Å². The average Bonchev–Trinajstić information content (AvgIpc) is 2.56. The Morgan fingerprint density at radius 2 is 1.15 bits per heavy atom. The summed E-state index contributed by atoms with van der Waals surface area (Å²) in [5, 5.41) is -0.235. The summed E-state index contributed by atoms with van der Waals surface area (Å²) in [5.41, 5.74) is 6.93. The molecule has 0 aliphatic heterocycles. The molecule has 0 spiro atoms. The number of anilines is 1. The Balaban J connectivity index is 0.000000501. The van der Waals surface area contributed by atoms with E-state index in [0.717, 1.165) is 38.5 Å². The first-order chi connectivity index (χ1) is 12.6. The van der Waals surface area contributed by atoms with E-state index in [9.17, 15) is 19.2 Å². The van der Waals surface area contributed by atoms with E-state index in [1.165, 1.54) is 13.8 Å². The number of carbonyl (C=O) groups is 4. The summed E-state index contributed by atoms with van der Waals surface area (Å²) in [4.78, 5) is 43.0. The van der Waals surface area contributed by atoms with E-state index in [4.69, 9.17) is 17.3 Å². The summed E-state index contributed by atoms with van der Waals surface area (Å²) in [7, 11) is 0. The first-order valence-electron chi connectivity index (χ1n) is 9.23. The fourth-order valence-corrected chi connectivity index (χ4v) is 2.54. The maximum Gasteiger partial charge on any atom is 0.221 e. The molecule has 0 saturated heterocycles. The lowest BCUT2D eigenvalue weighted by Crippen LogP contribution is -2.00. The predicted octanol–water partition coefficient (Wildman–Crippen LogP) is 5.14. The summed E-state index contributed by atoms with van der Waals surface area (Å²) in [6, 6.07) is 4.69. The fraction of sp³-hybridized carbons (Fsp3) is 0.524. The Bertz CT molecular complexity index is 603. The van der Waals surface area contributed by atoms with Crippen LogP contribution >= 0.6 is 11.6 Å². The van der Waals surface area contributed by atoms with E-state index < -0.39 is 0 Å². The van der Waals surface area contributed by atoms with Crippen molar-refractivity contribution < 1.29 is 19.2 Å². The largest absolute Gasteiger partial charge is 0.399 e. The molecule has 0 aliphatic carbocycles. The number of hydrogen-bond acceptors (Lipinski definition) is 5. The molecule has 150 valence electrons. The van der Waals surface area contributed by atoms with Crippen molar-refractivity contribution in [2.75, 3.05) is 5.73 Å². The molecular weight excluding hydrogens is 366 g/mol. The number of halogens is 1. The van der Waals surface area contributed by atoms with Crippen LogP contribution in [0.3, 0.4) is 0 Å². The second kappa shape index (κ2) is 14.1. The Labute approximate surface area is 166 Å². The van der Waals surface area contributed by atoms with E-state index >= 15 is 0 Å². The molecule has 0 atom stereocenters. The van der Waals surface area contributed by atoms with Crippen molar-refractivity contribution in [3.63, 3.8) is 0 Å². The molecule has 0 bridgehead atoms. The Hall–Kier alpha value is -2.01. The molecule has 0 saturated carbocycles. The van der Waals surface area contributed by atoms with Crippen LogP contribution in [0.25, 0.3) is 0 Å². The lowest BCUT2D eigenvalue weighted by atomic mass is 10.0. The van der Waals surface area contributed by atoms with Gasteiger partial charge in [-0.05, 0) is 63.4 Å². The highest BCUT2D eigenvalue weighted by molar-refractivity contribution is 6.63. The van der Waals surface area contributed by atoms with Gasteiger partial charge in [-0.2, -0.15) is 0 Å². The molecule has 1 aromatic carbocycles. The van der Waals surface area contributed by atoms with Crippen LogP contribution in [-0.4, -0.2) is 22.6 Å².